The number of carbonyl (C=O) groups is 1. The number of nitrogens with one attached hydrogen (secondary N) is 2. The van der Waals surface area contributed by atoms with Crippen LogP contribution in [0.15, 0.2) is 77.9 Å². The first-order valence-corrected chi connectivity index (χ1v) is 9.63. The molecule has 0 heterocycles. The van der Waals surface area contributed by atoms with Crippen LogP contribution < -0.4 is 16.5 Å². The van der Waals surface area contributed by atoms with Crippen molar-refractivity contribution < 1.29 is 9.53 Å². The summed E-state index contributed by atoms with van der Waals surface area (Å²) in [6.07, 6.45) is 0.720. The van der Waals surface area contributed by atoms with Crippen molar-refractivity contribution in [2.75, 3.05) is 11.9 Å². The third kappa shape index (κ3) is 6.02. The van der Waals surface area contributed by atoms with Crippen molar-refractivity contribution in [1.29, 1.82) is 0 Å². The molecule has 0 atom stereocenters. The molecular weight excluding hydrogens is 384 g/mol. The molecule has 148 valence electrons. The lowest BCUT2D eigenvalue weighted by atomic mass is 10.1. The number of hydrazone groups is 1. The minimum Gasteiger partial charge on any atom is -0.449 e. The Labute approximate surface area is 174 Å². The fraction of sp³-hybridized carbons (Fsp3) is 0.136. The Hall–Kier alpha value is -3.45. The average Bonchev–Trinajstić information content (AvgIpc) is 2.74. The van der Waals surface area contributed by atoms with Gasteiger partial charge in [0.25, 0.3) is 0 Å². The Morgan fingerprint density at radius 2 is 1.72 bits per heavy atom. The van der Waals surface area contributed by atoms with Gasteiger partial charge in [-0.1, -0.05) is 66.7 Å². The van der Waals surface area contributed by atoms with Crippen LogP contribution in [-0.4, -0.2) is 23.5 Å². The molecule has 3 aromatic rings. The molecule has 29 heavy (non-hydrogen) atoms. The molecule has 4 N–H and O–H groups in total. The number of ether oxygens (including phenoxy) is 1. The lowest BCUT2D eigenvalue weighted by molar-refractivity contribution is 0.161. The van der Waals surface area contributed by atoms with Crippen LogP contribution in [-0.2, 0) is 4.74 Å². The van der Waals surface area contributed by atoms with Crippen LogP contribution in [0.1, 0.15) is 18.4 Å². The lowest BCUT2D eigenvalue weighted by Gasteiger charge is -2.10. The van der Waals surface area contributed by atoms with E-state index in [2.05, 4.69) is 15.8 Å². The molecule has 0 saturated carbocycles. The summed E-state index contributed by atoms with van der Waals surface area (Å²) in [5.74, 6) is 0. The minimum absolute atomic E-state index is 0.101. The van der Waals surface area contributed by atoms with E-state index < -0.39 is 6.09 Å². The van der Waals surface area contributed by atoms with Crippen LogP contribution in [0.4, 0.5) is 10.5 Å². The Morgan fingerprint density at radius 1 is 1.00 bits per heavy atom. The Morgan fingerprint density at radius 3 is 2.52 bits per heavy atom. The molecule has 3 rings (SSSR count). The molecule has 0 fully saturated rings. The minimum atomic E-state index is -0.485. The highest BCUT2D eigenvalue weighted by atomic mass is 32.1. The van der Waals surface area contributed by atoms with Crippen LogP contribution in [0.5, 0.6) is 0 Å². The maximum absolute atomic E-state index is 12.2. The van der Waals surface area contributed by atoms with Crippen LogP contribution in [0.2, 0.25) is 0 Å². The van der Waals surface area contributed by atoms with Gasteiger partial charge in [0.1, 0.15) is 0 Å². The highest BCUT2D eigenvalue weighted by molar-refractivity contribution is 7.80. The standard InChI is InChI=1S/C22H22N4O2S/c23-21(29)26-25-19(17-9-2-1-3-10-17)14-7-15-28-22(27)24-20-13-6-11-16-8-4-5-12-18(16)20/h1-6,8-13H,7,14-15H2,(H,24,27)(H3,23,26,29)/b25-19+. The highest BCUT2D eigenvalue weighted by Gasteiger charge is 2.08. The number of hydrogen-bond donors (Lipinski definition) is 3. The Bertz CT molecular complexity index is 1020. The van der Waals surface area contributed by atoms with Crippen LogP contribution in [0, 0.1) is 0 Å². The van der Waals surface area contributed by atoms with Crippen molar-refractivity contribution in [2.45, 2.75) is 12.8 Å². The predicted molar refractivity (Wildman–Crippen MR) is 121 cm³/mol. The Kier molecular flexibility index (Phi) is 7.13. The quantitative estimate of drug-likeness (QED) is 0.234. The maximum Gasteiger partial charge on any atom is 0.411 e. The molecule has 7 heteroatoms. The van der Waals surface area contributed by atoms with E-state index in [0.717, 1.165) is 27.7 Å². The summed E-state index contributed by atoms with van der Waals surface area (Å²) in [5, 5.41) is 9.19. The first-order chi connectivity index (χ1) is 14.1. The fourth-order valence-corrected chi connectivity index (χ4v) is 2.95. The van der Waals surface area contributed by atoms with Crippen molar-refractivity contribution in [3.63, 3.8) is 0 Å². The van der Waals surface area contributed by atoms with Gasteiger partial charge < -0.3 is 10.5 Å². The zero-order valence-corrected chi connectivity index (χ0v) is 16.6. The number of rotatable bonds is 7. The second-order valence-electron chi connectivity index (χ2n) is 6.29. The van der Waals surface area contributed by atoms with Gasteiger partial charge in [-0.15, -0.1) is 0 Å². The monoisotopic (exact) mass is 406 g/mol. The second-order valence-corrected chi connectivity index (χ2v) is 6.73. The molecule has 0 aromatic heterocycles. The topological polar surface area (TPSA) is 88.7 Å². The lowest BCUT2D eigenvalue weighted by Crippen LogP contribution is -2.25. The summed E-state index contributed by atoms with van der Waals surface area (Å²) >= 11 is 4.81. The zero-order valence-electron chi connectivity index (χ0n) is 15.8. The van der Waals surface area contributed by atoms with Crippen molar-refractivity contribution in [3.05, 3.63) is 78.4 Å². The molecule has 0 radical (unpaired) electrons. The van der Waals surface area contributed by atoms with Gasteiger partial charge in [-0.05, 0) is 42.1 Å². The molecule has 0 unspecified atom stereocenters. The highest BCUT2D eigenvalue weighted by Crippen LogP contribution is 2.23. The fourth-order valence-electron chi connectivity index (χ4n) is 2.90. The molecule has 1 amide bonds. The largest absolute Gasteiger partial charge is 0.449 e. The van der Waals surface area contributed by atoms with Gasteiger partial charge in [-0.25, -0.2) is 4.79 Å². The molecule has 6 nitrogen and oxygen atoms in total. The normalized spacial score (nSPS) is 11.1. The van der Waals surface area contributed by atoms with E-state index in [0.29, 0.717) is 12.8 Å². The Balaban J connectivity index is 1.53. The molecule has 0 bridgehead atoms. The van der Waals surface area contributed by atoms with E-state index in [-0.39, 0.29) is 11.7 Å². The number of benzene rings is 3. The molecule has 3 aromatic carbocycles. The first kappa shape index (κ1) is 20.3. The number of fused-ring (bicyclic) bond motifs is 1. The molecule has 0 aliphatic rings. The van der Waals surface area contributed by atoms with E-state index in [9.17, 15) is 4.79 Å². The molecule has 0 saturated heterocycles. The number of hydrogen-bond acceptors (Lipinski definition) is 4. The van der Waals surface area contributed by atoms with Gasteiger partial charge in [0.2, 0.25) is 0 Å². The summed E-state index contributed by atoms with van der Waals surface area (Å²) in [6.45, 7) is 0.259. The van der Waals surface area contributed by atoms with Crippen molar-refractivity contribution in [1.82, 2.24) is 5.43 Å². The third-order valence-electron chi connectivity index (χ3n) is 4.23. The third-order valence-corrected chi connectivity index (χ3v) is 4.32. The number of nitrogens with zero attached hydrogens (tertiary/aromatic N) is 1. The number of carbonyl (C=O) groups excluding carboxylic acids is 1. The molecule has 0 aliphatic carbocycles. The van der Waals surface area contributed by atoms with Gasteiger partial charge >= 0.3 is 6.09 Å². The molecule has 0 aliphatic heterocycles. The number of anilines is 1. The van der Waals surface area contributed by atoms with Gasteiger partial charge in [0.05, 0.1) is 18.0 Å². The summed E-state index contributed by atoms with van der Waals surface area (Å²) in [5.41, 5.74) is 10.5. The zero-order chi connectivity index (χ0) is 20.5. The van der Waals surface area contributed by atoms with Gasteiger partial charge in [-0.3, -0.25) is 10.7 Å². The maximum atomic E-state index is 12.2. The van der Waals surface area contributed by atoms with Crippen LogP contribution >= 0.6 is 12.2 Å². The summed E-state index contributed by atoms with van der Waals surface area (Å²) < 4.78 is 5.33. The number of nitrogens with two attached hydrogens (primary N) is 1. The predicted octanol–water partition coefficient (Wildman–Crippen LogP) is 4.41. The van der Waals surface area contributed by atoms with E-state index in [1.165, 1.54) is 0 Å². The van der Waals surface area contributed by atoms with Crippen molar-refractivity contribution >= 4 is 45.6 Å². The first-order valence-electron chi connectivity index (χ1n) is 9.22. The van der Waals surface area contributed by atoms with E-state index in [1.807, 2.05) is 72.8 Å². The van der Waals surface area contributed by atoms with E-state index in [1.54, 1.807) is 0 Å². The second kappa shape index (κ2) is 10.2. The van der Waals surface area contributed by atoms with Gasteiger partial charge in [-0.2, -0.15) is 5.10 Å². The van der Waals surface area contributed by atoms with E-state index in [4.69, 9.17) is 22.7 Å². The van der Waals surface area contributed by atoms with Gasteiger partial charge in [0, 0.05) is 5.39 Å². The number of amides is 1. The van der Waals surface area contributed by atoms with E-state index >= 15 is 0 Å². The smallest absolute Gasteiger partial charge is 0.411 e. The van der Waals surface area contributed by atoms with Gasteiger partial charge in [0.15, 0.2) is 5.11 Å². The SMILES string of the molecule is NC(=S)N/N=C(\CCCOC(=O)Nc1cccc2ccccc12)c1ccccc1. The van der Waals surface area contributed by atoms with Crippen molar-refractivity contribution in [2.24, 2.45) is 10.8 Å². The summed E-state index contributed by atoms with van der Waals surface area (Å²) in [4.78, 5) is 12.2. The van der Waals surface area contributed by atoms with Crippen LogP contribution in [0.3, 0.4) is 0 Å². The number of thiocarbonyl (C=S) groups is 1. The van der Waals surface area contributed by atoms with Crippen LogP contribution in [0.25, 0.3) is 10.8 Å². The molecular formula is C22H22N4O2S. The average molecular weight is 407 g/mol. The summed E-state index contributed by atoms with van der Waals surface area (Å²) in [7, 11) is 0. The summed E-state index contributed by atoms with van der Waals surface area (Å²) in [6, 6.07) is 23.3. The molecule has 0 spiro atoms. The van der Waals surface area contributed by atoms with Crippen molar-refractivity contribution in [3.8, 4) is 0 Å².